The minimum atomic E-state index is -0.0388. The van der Waals surface area contributed by atoms with Crippen LogP contribution in [0.15, 0.2) is 36.4 Å². The Morgan fingerprint density at radius 3 is 2.55 bits per heavy atom. The number of fused-ring (bicyclic) bond motifs is 1. The Hall–Kier alpha value is -2.93. The highest BCUT2D eigenvalue weighted by atomic mass is 16.1. The van der Waals surface area contributed by atoms with E-state index in [9.17, 15) is 4.79 Å². The zero-order valence-electron chi connectivity index (χ0n) is 18.8. The molecule has 1 amide bonds. The van der Waals surface area contributed by atoms with Gasteiger partial charge in [-0.25, -0.2) is 4.98 Å². The number of unbranched alkanes of at least 4 members (excludes halogenated alkanes) is 1. The summed E-state index contributed by atoms with van der Waals surface area (Å²) in [5.41, 5.74) is 4.41. The molecule has 7 heteroatoms. The lowest BCUT2D eigenvalue weighted by atomic mass is 10.1. The van der Waals surface area contributed by atoms with Crippen molar-refractivity contribution >= 4 is 22.6 Å². The summed E-state index contributed by atoms with van der Waals surface area (Å²) in [6.45, 7) is 9.93. The number of benzene rings is 1. The summed E-state index contributed by atoms with van der Waals surface area (Å²) in [6, 6.07) is 12.5. The fraction of sp³-hybridized carbons (Fsp3) is 0.458. The van der Waals surface area contributed by atoms with Crippen LogP contribution < -0.4 is 10.2 Å². The Kier molecular flexibility index (Phi) is 6.51. The molecule has 0 atom stereocenters. The molecule has 1 saturated heterocycles. The van der Waals surface area contributed by atoms with Crippen LogP contribution in [-0.2, 0) is 7.05 Å². The van der Waals surface area contributed by atoms with Crippen molar-refractivity contribution in [1.82, 2.24) is 25.0 Å². The second-order valence-electron chi connectivity index (χ2n) is 8.35. The number of para-hydroxylation sites is 1. The average molecular weight is 421 g/mol. The van der Waals surface area contributed by atoms with Crippen molar-refractivity contribution < 1.29 is 4.79 Å². The topological polar surface area (TPSA) is 66.3 Å². The molecular formula is C24H32N6O. The number of anilines is 1. The number of hydrogen-bond donors (Lipinski definition) is 1. The summed E-state index contributed by atoms with van der Waals surface area (Å²) in [7, 11) is 1.86. The van der Waals surface area contributed by atoms with Gasteiger partial charge in [0.05, 0.1) is 16.6 Å². The minimum Gasteiger partial charge on any atom is -0.369 e. The van der Waals surface area contributed by atoms with Crippen LogP contribution in [0.4, 0.5) is 5.69 Å². The largest absolute Gasteiger partial charge is 0.369 e. The van der Waals surface area contributed by atoms with E-state index in [1.165, 1.54) is 5.69 Å². The molecule has 1 aliphatic heterocycles. The van der Waals surface area contributed by atoms with Gasteiger partial charge in [-0.3, -0.25) is 14.4 Å². The predicted octanol–water partition coefficient (Wildman–Crippen LogP) is 2.92. The van der Waals surface area contributed by atoms with Crippen LogP contribution in [0.3, 0.4) is 0 Å². The van der Waals surface area contributed by atoms with Crippen molar-refractivity contribution in [2.24, 2.45) is 7.05 Å². The van der Waals surface area contributed by atoms with Gasteiger partial charge in [0.25, 0.3) is 5.91 Å². The van der Waals surface area contributed by atoms with Gasteiger partial charge in [0.2, 0.25) is 0 Å². The molecule has 0 bridgehead atoms. The molecule has 1 aliphatic rings. The lowest BCUT2D eigenvalue weighted by Crippen LogP contribution is -2.46. The lowest BCUT2D eigenvalue weighted by Gasteiger charge is -2.36. The monoisotopic (exact) mass is 420 g/mol. The minimum absolute atomic E-state index is 0.0388. The molecule has 31 heavy (non-hydrogen) atoms. The average Bonchev–Trinajstić information content (AvgIpc) is 3.07. The van der Waals surface area contributed by atoms with Gasteiger partial charge in [-0.2, -0.15) is 5.10 Å². The standard InChI is InChI=1S/C24H32N6O/c1-18-17-21(22-19(2)27-28(3)23(22)26-18)24(31)25-11-7-8-12-29-13-15-30(16-14-29)20-9-5-4-6-10-20/h4-6,9-10,17H,7-8,11-16H2,1-3H3,(H,25,31). The van der Waals surface area contributed by atoms with Gasteiger partial charge in [0.1, 0.15) is 0 Å². The van der Waals surface area contributed by atoms with E-state index in [1.54, 1.807) is 4.68 Å². The number of hydrogen-bond acceptors (Lipinski definition) is 5. The van der Waals surface area contributed by atoms with Crippen LogP contribution in [0.25, 0.3) is 11.0 Å². The molecule has 7 nitrogen and oxygen atoms in total. The summed E-state index contributed by atoms with van der Waals surface area (Å²) < 4.78 is 1.74. The number of pyridine rings is 1. The smallest absolute Gasteiger partial charge is 0.252 e. The molecule has 0 saturated carbocycles. The first-order valence-corrected chi connectivity index (χ1v) is 11.1. The van der Waals surface area contributed by atoms with Crippen LogP contribution in [0.1, 0.15) is 34.6 Å². The SMILES string of the molecule is Cc1cc(C(=O)NCCCCN2CCN(c3ccccc3)CC2)c2c(C)nn(C)c2n1. The van der Waals surface area contributed by atoms with Crippen molar-refractivity contribution in [2.45, 2.75) is 26.7 Å². The molecule has 0 radical (unpaired) electrons. The number of aryl methyl sites for hydroxylation is 3. The number of carbonyl (C=O) groups excluding carboxylic acids is 1. The molecule has 1 N–H and O–H groups in total. The Labute approximate surface area is 184 Å². The number of carbonyl (C=O) groups is 1. The van der Waals surface area contributed by atoms with E-state index in [0.29, 0.717) is 12.1 Å². The Morgan fingerprint density at radius 1 is 1.06 bits per heavy atom. The van der Waals surface area contributed by atoms with Gasteiger partial charge < -0.3 is 10.2 Å². The molecule has 164 valence electrons. The third-order valence-corrected chi connectivity index (χ3v) is 6.02. The highest BCUT2D eigenvalue weighted by Gasteiger charge is 2.18. The van der Waals surface area contributed by atoms with Crippen molar-refractivity contribution in [3.63, 3.8) is 0 Å². The van der Waals surface area contributed by atoms with E-state index in [-0.39, 0.29) is 5.91 Å². The Bertz CT molecular complexity index is 1040. The predicted molar refractivity (Wildman–Crippen MR) is 125 cm³/mol. The first-order chi connectivity index (χ1) is 15.0. The summed E-state index contributed by atoms with van der Waals surface area (Å²) in [5, 5.41) is 8.37. The molecule has 4 rings (SSSR count). The molecule has 1 aromatic carbocycles. The fourth-order valence-electron chi connectivity index (χ4n) is 4.38. The third-order valence-electron chi connectivity index (χ3n) is 6.02. The zero-order chi connectivity index (χ0) is 21.8. The summed E-state index contributed by atoms with van der Waals surface area (Å²) in [4.78, 5) is 22.3. The zero-order valence-corrected chi connectivity index (χ0v) is 18.8. The molecule has 3 heterocycles. The third kappa shape index (κ3) is 4.88. The number of aromatic nitrogens is 3. The Morgan fingerprint density at radius 2 is 1.81 bits per heavy atom. The van der Waals surface area contributed by atoms with Gasteiger partial charge in [0.15, 0.2) is 5.65 Å². The van der Waals surface area contributed by atoms with Gasteiger partial charge in [0, 0.05) is 51.2 Å². The number of nitrogens with one attached hydrogen (secondary N) is 1. The lowest BCUT2D eigenvalue weighted by molar-refractivity contribution is 0.0954. The number of amides is 1. The van der Waals surface area contributed by atoms with Gasteiger partial charge >= 0.3 is 0 Å². The van der Waals surface area contributed by atoms with Gasteiger partial charge in [-0.05, 0) is 51.4 Å². The van der Waals surface area contributed by atoms with Crippen molar-refractivity contribution in [1.29, 1.82) is 0 Å². The molecule has 1 fully saturated rings. The molecule has 0 unspecified atom stereocenters. The number of piperazine rings is 1. The molecule has 0 aliphatic carbocycles. The van der Waals surface area contributed by atoms with E-state index < -0.39 is 0 Å². The second-order valence-corrected chi connectivity index (χ2v) is 8.35. The maximum atomic E-state index is 12.8. The van der Waals surface area contributed by atoms with Crippen molar-refractivity contribution in [2.75, 3.05) is 44.2 Å². The number of rotatable bonds is 7. The van der Waals surface area contributed by atoms with E-state index in [1.807, 2.05) is 27.0 Å². The van der Waals surface area contributed by atoms with E-state index >= 15 is 0 Å². The second kappa shape index (κ2) is 9.47. The van der Waals surface area contributed by atoms with Crippen LogP contribution in [-0.4, -0.2) is 64.8 Å². The normalized spacial score (nSPS) is 14.9. The summed E-state index contributed by atoms with van der Waals surface area (Å²) in [6.07, 6.45) is 2.06. The van der Waals surface area contributed by atoms with E-state index in [0.717, 1.165) is 68.0 Å². The van der Waals surface area contributed by atoms with Crippen LogP contribution in [0.2, 0.25) is 0 Å². The number of nitrogens with zero attached hydrogens (tertiary/aromatic N) is 5. The van der Waals surface area contributed by atoms with Crippen LogP contribution in [0.5, 0.6) is 0 Å². The fourth-order valence-corrected chi connectivity index (χ4v) is 4.38. The molecule has 2 aromatic heterocycles. The summed E-state index contributed by atoms with van der Waals surface area (Å²) in [5.74, 6) is -0.0388. The van der Waals surface area contributed by atoms with Gasteiger partial charge in [-0.1, -0.05) is 18.2 Å². The Balaban J connectivity index is 1.21. The van der Waals surface area contributed by atoms with Crippen LogP contribution >= 0.6 is 0 Å². The maximum Gasteiger partial charge on any atom is 0.252 e. The van der Waals surface area contributed by atoms with E-state index in [2.05, 4.69) is 55.5 Å². The molecule has 0 spiro atoms. The maximum absolute atomic E-state index is 12.8. The quantitative estimate of drug-likeness (QED) is 0.596. The van der Waals surface area contributed by atoms with E-state index in [4.69, 9.17) is 0 Å². The van der Waals surface area contributed by atoms with Crippen LogP contribution in [0, 0.1) is 13.8 Å². The highest BCUT2D eigenvalue weighted by Crippen LogP contribution is 2.21. The first kappa shape index (κ1) is 21.3. The van der Waals surface area contributed by atoms with Crippen molar-refractivity contribution in [3.8, 4) is 0 Å². The van der Waals surface area contributed by atoms with Gasteiger partial charge in [-0.15, -0.1) is 0 Å². The summed E-state index contributed by atoms with van der Waals surface area (Å²) >= 11 is 0. The first-order valence-electron chi connectivity index (χ1n) is 11.1. The van der Waals surface area contributed by atoms with Crippen molar-refractivity contribution in [3.05, 3.63) is 53.3 Å². The molecule has 3 aromatic rings. The molecular weight excluding hydrogens is 388 g/mol. The highest BCUT2D eigenvalue weighted by molar-refractivity contribution is 6.06.